The zero-order chi connectivity index (χ0) is 13.7. The van der Waals surface area contributed by atoms with E-state index in [9.17, 15) is 9.59 Å². The highest BCUT2D eigenvalue weighted by Gasteiger charge is 2.10. The topological polar surface area (TPSA) is 55.4 Å². The fourth-order valence-corrected chi connectivity index (χ4v) is 1.60. The number of carbonyl (C=O) groups is 2. The average Bonchev–Trinajstić information content (AvgIpc) is 2.35. The predicted octanol–water partition coefficient (Wildman–Crippen LogP) is 2.02. The summed E-state index contributed by atoms with van der Waals surface area (Å²) in [5, 5.41) is 2.57. The molecule has 0 radical (unpaired) electrons. The van der Waals surface area contributed by atoms with Crippen LogP contribution in [0.15, 0.2) is 18.2 Å². The summed E-state index contributed by atoms with van der Waals surface area (Å²) < 4.78 is 5.24. The van der Waals surface area contributed by atoms with Crippen LogP contribution in [0.25, 0.3) is 0 Å². The van der Waals surface area contributed by atoms with Crippen LogP contribution in [0.2, 0.25) is 0 Å². The molecule has 4 heteroatoms. The summed E-state index contributed by atoms with van der Waals surface area (Å²) in [6.07, 6.45) is 0. The number of methoxy groups -OCH3 is 1. The molecule has 4 nitrogen and oxygen atoms in total. The molecule has 98 valence electrons. The Kier molecular flexibility index (Phi) is 4.89. The Bertz CT molecular complexity index is 452. The van der Waals surface area contributed by atoms with E-state index >= 15 is 0 Å². The number of rotatable bonds is 5. The molecule has 0 aliphatic carbocycles. The fourth-order valence-electron chi connectivity index (χ4n) is 1.60. The van der Waals surface area contributed by atoms with Crippen molar-refractivity contribution in [3.63, 3.8) is 0 Å². The first kappa shape index (κ1) is 14.2. The van der Waals surface area contributed by atoms with Gasteiger partial charge in [-0.3, -0.25) is 9.59 Å². The highest BCUT2D eigenvalue weighted by atomic mass is 16.5. The number of ether oxygens (including phenoxy) is 1. The molecule has 1 N–H and O–H groups in total. The Morgan fingerprint density at radius 1 is 1.33 bits per heavy atom. The van der Waals surface area contributed by atoms with Crippen molar-refractivity contribution in [1.82, 2.24) is 5.32 Å². The van der Waals surface area contributed by atoms with Crippen LogP contribution in [-0.4, -0.2) is 18.8 Å². The van der Waals surface area contributed by atoms with E-state index < -0.39 is 11.7 Å². The molecule has 0 aliphatic rings. The van der Waals surface area contributed by atoms with Gasteiger partial charge in [-0.25, -0.2) is 0 Å². The number of hydrogen-bond acceptors (Lipinski definition) is 3. The maximum absolute atomic E-state index is 11.2. The van der Waals surface area contributed by atoms with E-state index in [2.05, 4.69) is 19.2 Å². The number of ketones is 1. The summed E-state index contributed by atoms with van der Waals surface area (Å²) in [5.41, 5.74) is 2.04. The van der Waals surface area contributed by atoms with Crippen LogP contribution in [0, 0.1) is 0 Å². The summed E-state index contributed by atoms with van der Waals surface area (Å²) in [7, 11) is 1.58. The molecule has 1 aromatic carbocycles. The lowest BCUT2D eigenvalue weighted by atomic mass is 10.00. The van der Waals surface area contributed by atoms with Crippen molar-refractivity contribution in [3.8, 4) is 5.75 Å². The Morgan fingerprint density at radius 3 is 2.50 bits per heavy atom. The van der Waals surface area contributed by atoms with Crippen LogP contribution in [-0.2, 0) is 16.1 Å². The summed E-state index contributed by atoms with van der Waals surface area (Å²) in [6.45, 7) is 5.73. The Labute approximate surface area is 107 Å². The number of carbonyl (C=O) groups excluding carboxylic acids is 2. The van der Waals surface area contributed by atoms with Gasteiger partial charge < -0.3 is 10.1 Å². The van der Waals surface area contributed by atoms with E-state index in [1.54, 1.807) is 7.11 Å². The van der Waals surface area contributed by atoms with Crippen molar-refractivity contribution < 1.29 is 14.3 Å². The van der Waals surface area contributed by atoms with Crippen LogP contribution in [0.5, 0.6) is 5.75 Å². The third kappa shape index (κ3) is 3.58. The van der Waals surface area contributed by atoms with Gasteiger partial charge in [0, 0.05) is 19.0 Å². The summed E-state index contributed by atoms with van der Waals surface area (Å²) in [5.74, 6) is 0.0439. The van der Waals surface area contributed by atoms with Crippen molar-refractivity contribution in [2.75, 3.05) is 7.11 Å². The van der Waals surface area contributed by atoms with Crippen LogP contribution in [0.4, 0.5) is 0 Å². The number of nitrogens with one attached hydrogen (secondary N) is 1. The van der Waals surface area contributed by atoms with Crippen LogP contribution >= 0.6 is 0 Å². The van der Waals surface area contributed by atoms with Crippen molar-refractivity contribution in [2.45, 2.75) is 33.2 Å². The lowest BCUT2D eigenvalue weighted by Gasteiger charge is -2.13. The first-order chi connectivity index (χ1) is 8.45. The number of hydrogen-bond donors (Lipinski definition) is 1. The zero-order valence-corrected chi connectivity index (χ0v) is 11.2. The quantitative estimate of drug-likeness (QED) is 0.812. The molecule has 0 atom stereocenters. The molecule has 1 rings (SSSR count). The van der Waals surface area contributed by atoms with E-state index in [1.165, 1.54) is 12.5 Å². The van der Waals surface area contributed by atoms with Crippen molar-refractivity contribution in [1.29, 1.82) is 0 Å². The molecule has 0 bridgehead atoms. The fraction of sp³-hybridized carbons (Fsp3) is 0.429. The van der Waals surface area contributed by atoms with E-state index in [-0.39, 0.29) is 0 Å². The van der Waals surface area contributed by atoms with E-state index in [0.717, 1.165) is 5.56 Å². The molecule has 1 amide bonds. The van der Waals surface area contributed by atoms with Gasteiger partial charge in [0.05, 0.1) is 7.11 Å². The number of benzene rings is 1. The Balaban J connectivity index is 2.88. The molecular formula is C14H19NO3. The monoisotopic (exact) mass is 249 g/mol. The van der Waals surface area contributed by atoms with Crippen LogP contribution in [0.3, 0.4) is 0 Å². The minimum Gasteiger partial charge on any atom is -0.496 e. The maximum atomic E-state index is 11.2. The van der Waals surface area contributed by atoms with Gasteiger partial charge in [-0.15, -0.1) is 0 Å². The highest BCUT2D eigenvalue weighted by Crippen LogP contribution is 2.23. The summed E-state index contributed by atoms with van der Waals surface area (Å²) in [4.78, 5) is 22.1. The normalized spacial score (nSPS) is 10.3. The van der Waals surface area contributed by atoms with Gasteiger partial charge in [0.15, 0.2) is 0 Å². The molecule has 18 heavy (non-hydrogen) atoms. The lowest BCUT2D eigenvalue weighted by Crippen LogP contribution is -2.28. The maximum Gasteiger partial charge on any atom is 0.287 e. The Hall–Kier alpha value is -1.84. The van der Waals surface area contributed by atoms with Gasteiger partial charge in [-0.05, 0) is 17.5 Å². The first-order valence-corrected chi connectivity index (χ1v) is 5.91. The van der Waals surface area contributed by atoms with Gasteiger partial charge >= 0.3 is 0 Å². The molecule has 0 aromatic heterocycles. The molecule has 1 aromatic rings. The van der Waals surface area contributed by atoms with Crippen molar-refractivity contribution >= 4 is 11.7 Å². The second-order valence-electron chi connectivity index (χ2n) is 4.46. The predicted molar refractivity (Wildman–Crippen MR) is 69.6 cm³/mol. The molecule has 0 fully saturated rings. The smallest absolute Gasteiger partial charge is 0.287 e. The molecule has 0 heterocycles. The van der Waals surface area contributed by atoms with Crippen LogP contribution < -0.4 is 10.1 Å². The minimum atomic E-state index is -0.577. The molecule has 0 saturated carbocycles. The van der Waals surface area contributed by atoms with Gasteiger partial charge in [0.1, 0.15) is 5.75 Å². The largest absolute Gasteiger partial charge is 0.496 e. The number of amides is 1. The Morgan fingerprint density at radius 2 is 2.00 bits per heavy atom. The van der Waals surface area contributed by atoms with Gasteiger partial charge in [-0.1, -0.05) is 26.0 Å². The molecular weight excluding hydrogens is 230 g/mol. The van der Waals surface area contributed by atoms with Gasteiger partial charge in [-0.2, -0.15) is 0 Å². The van der Waals surface area contributed by atoms with Gasteiger partial charge in [0.2, 0.25) is 5.78 Å². The standard InChI is InChI=1S/C14H19NO3/c1-9(2)11-5-6-13(18-4)12(7-11)8-15-14(17)10(3)16/h5-7,9H,8H2,1-4H3,(H,15,17). The van der Waals surface area contributed by atoms with Crippen molar-refractivity contribution in [2.24, 2.45) is 0 Å². The zero-order valence-electron chi connectivity index (χ0n) is 11.2. The molecule has 0 unspecified atom stereocenters. The second-order valence-corrected chi connectivity index (χ2v) is 4.46. The van der Waals surface area contributed by atoms with E-state index in [1.807, 2.05) is 18.2 Å². The van der Waals surface area contributed by atoms with E-state index in [0.29, 0.717) is 18.2 Å². The lowest BCUT2D eigenvalue weighted by molar-refractivity contribution is -0.136. The first-order valence-electron chi connectivity index (χ1n) is 5.91. The minimum absolute atomic E-state index is 0.294. The number of Topliss-reactive ketones (excluding diaryl/α,β-unsaturated/α-hetero) is 1. The van der Waals surface area contributed by atoms with Crippen molar-refractivity contribution in [3.05, 3.63) is 29.3 Å². The van der Waals surface area contributed by atoms with E-state index in [4.69, 9.17) is 4.74 Å². The molecule has 0 spiro atoms. The SMILES string of the molecule is COc1ccc(C(C)C)cc1CNC(=O)C(C)=O. The van der Waals surface area contributed by atoms with Gasteiger partial charge in [0.25, 0.3) is 5.91 Å². The third-order valence-corrected chi connectivity index (χ3v) is 2.73. The summed E-state index contributed by atoms with van der Waals surface area (Å²) >= 11 is 0. The summed E-state index contributed by atoms with van der Waals surface area (Å²) in [6, 6.07) is 5.87. The highest BCUT2D eigenvalue weighted by molar-refractivity contribution is 6.35. The molecule has 0 saturated heterocycles. The second kappa shape index (κ2) is 6.19. The molecule has 0 aliphatic heterocycles. The van der Waals surface area contributed by atoms with Crippen LogP contribution in [0.1, 0.15) is 37.8 Å². The average molecular weight is 249 g/mol. The third-order valence-electron chi connectivity index (χ3n) is 2.73.